The molecular formula is C34H33N5O6. The minimum Gasteiger partial charge on any atom is -0.504 e. The van der Waals surface area contributed by atoms with Crippen molar-refractivity contribution in [3.8, 4) is 11.5 Å². The van der Waals surface area contributed by atoms with Gasteiger partial charge >= 0.3 is 11.4 Å². The number of carbonyl (C=O) groups excluding carboxylic acids is 2. The van der Waals surface area contributed by atoms with Gasteiger partial charge in [-0.3, -0.25) is 15.0 Å². The number of benzene rings is 3. The number of aromatic hydroxyl groups is 1. The van der Waals surface area contributed by atoms with Crippen LogP contribution in [0.15, 0.2) is 94.0 Å². The van der Waals surface area contributed by atoms with Crippen LogP contribution >= 0.6 is 0 Å². The lowest BCUT2D eigenvalue weighted by atomic mass is 9.53. The molecule has 2 amide bonds. The van der Waals surface area contributed by atoms with Crippen molar-refractivity contribution in [2.45, 2.75) is 44.2 Å². The highest BCUT2D eigenvalue weighted by Crippen LogP contribution is 2.62. The summed E-state index contributed by atoms with van der Waals surface area (Å²) in [5, 5.41) is 11.7. The van der Waals surface area contributed by atoms with Crippen LogP contribution in [0.25, 0.3) is 0 Å². The number of rotatable bonds is 6. The molecule has 0 radical (unpaired) electrons. The maximum Gasteiger partial charge on any atom is 0.347 e. The van der Waals surface area contributed by atoms with Gasteiger partial charge in [-0.25, -0.2) is 23.5 Å². The zero-order valence-electron chi connectivity index (χ0n) is 25.1. The number of amides is 2. The molecule has 2 aliphatic heterocycles. The molecule has 1 saturated carbocycles. The van der Waals surface area contributed by atoms with E-state index in [1.54, 1.807) is 12.1 Å². The number of fused-ring (bicyclic) bond motifs is 4. The van der Waals surface area contributed by atoms with E-state index in [-0.39, 0.29) is 24.5 Å². The lowest BCUT2D eigenvalue weighted by Crippen LogP contribution is -2.53. The predicted molar refractivity (Wildman–Crippen MR) is 166 cm³/mol. The van der Waals surface area contributed by atoms with Crippen molar-refractivity contribution < 1.29 is 19.4 Å². The molecule has 45 heavy (non-hydrogen) atoms. The summed E-state index contributed by atoms with van der Waals surface area (Å²) in [4.78, 5) is 56.1. The predicted octanol–water partition coefficient (Wildman–Crippen LogP) is 3.38. The number of anilines is 1. The quantitative estimate of drug-likeness (QED) is 0.254. The van der Waals surface area contributed by atoms with Crippen molar-refractivity contribution in [1.29, 1.82) is 0 Å². The highest BCUT2D eigenvalue weighted by atomic mass is 16.5. The van der Waals surface area contributed by atoms with Gasteiger partial charge in [0.25, 0.3) is 11.8 Å². The molecule has 11 nitrogen and oxygen atoms in total. The Kier molecular flexibility index (Phi) is 6.57. The van der Waals surface area contributed by atoms with Crippen molar-refractivity contribution in [3.05, 3.63) is 122 Å². The molecule has 1 aromatic heterocycles. The SMILES string of the molecule is CCOc1cc([C@H]2C3=CCn4c(=O)n(C)c(=O)n4[C@@H]3C[C@H]3C(=O)N(Nc4ccc(C)cc4)C(=O)[C@@]23c2ccccc2)ccc1O. The Morgan fingerprint density at radius 2 is 1.71 bits per heavy atom. The van der Waals surface area contributed by atoms with E-state index in [1.165, 1.54) is 22.5 Å². The van der Waals surface area contributed by atoms with Crippen LogP contribution in [0.2, 0.25) is 0 Å². The number of nitrogens with zero attached hydrogens (tertiary/aromatic N) is 4. The summed E-state index contributed by atoms with van der Waals surface area (Å²) >= 11 is 0. The van der Waals surface area contributed by atoms with Gasteiger partial charge in [-0.15, -0.1) is 0 Å². The van der Waals surface area contributed by atoms with Crippen LogP contribution < -0.4 is 21.5 Å². The zero-order chi connectivity index (χ0) is 31.6. The number of phenols is 1. The number of hydrazine groups is 1. The number of carbonyl (C=O) groups is 2. The first kappa shape index (κ1) is 28.5. The molecule has 4 aromatic rings. The van der Waals surface area contributed by atoms with Crippen molar-refractivity contribution in [2.75, 3.05) is 12.0 Å². The number of hydrogen-bond acceptors (Lipinski definition) is 7. The topological polar surface area (TPSA) is 128 Å². The molecule has 2 N–H and O–H groups in total. The number of ether oxygens (including phenoxy) is 1. The third-order valence-electron chi connectivity index (χ3n) is 9.46. The summed E-state index contributed by atoms with van der Waals surface area (Å²) in [5.41, 5.74) is 4.36. The van der Waals surface area contributed by atoms with Gasteiger partial charge in [0.1, 0.15) is 0 Å². The van der Waals surface area contributed by atoms with Crippen molar-refractivity contribution >= 4 is 17.5 Å². The van der Waals surface area contributed by atoms with Gasteiger partial charge in [0, 0.05) is 13.0 Å². The molecule has 1 saturated heterocycles. The van der Waals surface area contributed by atoms with Crippen molar-refractivity contribution in [2.24, 2.45) is 13.0 Å². The number of aryl methyl sites for hydroxylation is 1. The molecule has 230 valence electrons. The van der Waals surface area contributed by atoms with Crippen molar-refractivity contribution in [3.63, 3.8) is 0 Å². The average molecular weight is 608 g/mol. The van der Waals surface area contributed by atoms with Crippen LogP contribution in [-0.4, -0.2) is 42.5 Å². The Morgan fingerprint density at radius 3 is 2.42 bits per heavy atom. The van der Waals surface area contributed by atoms with Crippen molar-refractivity contribution in [1.82, 2.24) is 18.9 Å². The summed E-state index contributed by atoms with van der Waals surface area (Å²) in [6.07, 6.45) is 2.02. The van der Waals surface area contributed by atoms with Crippen LogP contribution in [0.1, 0.15) is 42.0 Å². The van der Waals surface area contributed by atoms with E-state index < -0.39 is 46.5 Å². The molecule has 3 aliphatic rings. The molecule has 0 unspecified atom stereocenters. The molecule has 3 heterocycles. The van der Waals surface area contributed by atoms with E-state index in [2.05, 4.69) is 5.43 Å². The lowest BCUT2D eigenvalue weighted by Gasteiger charge is -2.49. The Balaban J connectivity index is 1.50. The molecule has 1 aliphatic carbocycles. The fraction of sp³-hybridized carbons (Fsp3) is 0.294. The average Bonchev–Trinajstić information content (AvgIpc) is 3.40. The molecule has 4 atom stereocenters. The van der Waals surface area contributed by atoms with Gasteiger partial charge in [0.05, 0.1) is 36.2 Å². The maximum atomic E-state index is 15.1. The van der Waals surface area contributed by atoms with Gasteiger partial charge in [0.15, 0.2) is 11.5 Å². The normalized spacial score (nSPS) is 23.7. The number of hydrogen-bond donors (Lipinski definition) is 2. The second-order valence-electron chi connectivity index (χ2n) is 11.8. The smallest absolute Gasteiger partial charge is 0.347 e. The monoisotopic (exact) mass is 607 g/mol. The van der Waals surface area contributed by atoms with Crippen LogP contribution in [0, 0.1) is 12.8 Å². The Morgan fingerprint density at radius 1 is 0.978 bits per heavy atom. The minimum atomic E-state index is -1.42. The van der Waals surface area contributed by atoms with Gasteiger partial charge in [-0.05, 0) is 61.2 Å². The van der Waals surface area contributed by atoms with Crippen LogP contribution in [-0.2, 0) is 28.6 Å². The number of phenolic OH excluding ortho intramolecular Hbond substituents is 1. The van der Waals surface area contributed by atoms with E-state index in [0.717, 1.165) is 20.7 Å². The first-order valence-electron chi connectivity index (χ1n) is 15.0. The largest absolute Gasteiger partial charge is 0.504 e. The second-order valence-corrected chi connectivity index (χ2v) is 11.8. The zero-order valence-corrected chi connectivity index (χ0v) is 25.1. The third-order valence-corrected chi connectivity index (χ3v) is 9.46. The summed E-state index contributed by atoms with van der Waals surface area (Å²) in [5.74, 6) is -2.32. The molecular weight excluding hydrogens is 574 g/mol. The number of allylic oxidation sites excluding steroid dienone is 2. The summed E-state index contributed by atoms with van der Waals surface area (Å²) in [6, 6.07) is 20.9. The van der Waals surface area contributed by atoms with E-state index in [1.807, 2.05) is 74.5 Å². The van der Waals surface area contributed by atoms with Gasteiger partial charge in [-0.1, -0.05) is 60.2 Å². The van der Waals surface area contributed by atoms with Crippen LogP contribution in [0.4, 0.5) is 5.69 Å². The third kappa shape index (κ3) is 4.03. The summed E-state index contributed by atoms with van der Waals surface area (Å²) in [7, 11) is 1.43. The van der Waals surface area contributed by atoms with E-state index >= 15 is 4.79 Å². The van der Waals surface area contributed by atoms with Crippen LogP contribution in [0.3, 0.4) is 0 Å². The minimum absolute atomic E-state index is 0.0551. The molecule has 0 bridgehead atoms. The first-order valence-corrected chi connectivity index (χ1v) is 15.0. The molecule has 3 aromatic carbocycles. The Bertz CT molecular complexity index is 1990. The number of aromatic nitrogens is 3. The molecule has 0 spiro atoms. The summed E-state index contributed by atoms with van der Waals surface area (Å²) < 4.78 is 9.63. The molecule has 11 heteroatoms. The highest BCUT2D eigenvalue weighted by molar-refractivity contribution is 6.12. The standard InChI is InChI=1S/C34H33N5O6/c1-4-45-28-18-21(12-15-27(28)40)29-24-16-17-37-32(43)36(3)33(44)39(37)26(24)19-25-30(41)38(35-23-13-10-20(2)11-14-23)31(42)34(25,29)22-8-6-5-7-9-22/h5-16,18,25-26,29,35,40H,4,17,19H2,1-3H3/t25-,26+,29-,34+/m0/s1. The van der Waals surface area contributed by atoms with E-state index in [9.17, 15) is 19.5 Å². The molecule has 7 rings (SSSR count). The fourth-order valence-corrected chi connectivity index (χ4v) is 7.47. The van der Waals surface area contributed by atoms with Gasteiger partial charge in [0.2, 0.25) is 0 Å². The first-order chi connectivity index (χ1) is 21.7. The Hall–Kier alpha value is -5.32. The van der Waals surface area contributed by atoms with Gasteiger partial charge in [-0.2, -0.15) is 5.01 Å². The number of imide groups is 1. The second kappa shape index (κ2) is 10.4. The maximum absolute atomic E-state index is 15.1. The number of nitrogens with one attached hydrogen (secondary N) is 1. The fourth-order valence-electron chi connectivity index (χ4n) is 7.47. The van der Waals surface area contributed by atoms with Gasteiger partial charge < -0.3 is 9.84 Å². The Labute approximate surface area is 258 Å². The molecule has 2 fully saturated rings. The lowest BCUT2D eigenvalue weighted by molar-refractivity contribution is -0.138. The highest BCUT2D eigenvalue weighted by Gasteiger charge is 2.68. The summed E-state index contributed by atoms with van der Waals surface area (Å²) in [6.45, 7) is 4.18. The van der Waals surface area contributed by atoms with Crippen LogP contribution in [0.5, 0.6) is 11.5 Å². The van der Waals surface area contributed by atoms with E-state index in [4.69, 9.17) is 4.74 Å². The van der Waals surface area contributed by atoms with E-state index in [0.29, 0.717) is 23.4 Å².